The Labute approximate surface area is 198 Å². The first-order chi connectivity index (χ1) is 16.0. The number of allylic oxidation sites excluding steroid dienone is 1. The van der Waals surface area contributed by atoms with Gasteiger partial charge in [-0.3, -0.25) is 9.59 Å². The molecule has 8 heteroatoms. The summed E-state index contributed by atoms with van der Waals surface area (Å²) in [6.45, 7) is 3.00. The molecule has 2 aromatic rings. The highest BCUT2D eigenvalue weighted by Gasteiger charge is 2.20. The zero-order chi connectivity index (χ0) is 23.2. The van der Waals surface area contributed by atoms with Gasteiger partial charge in [0.1, 0.15) is 5.75 Å². The Balaban J connectivity index is 1.40. The van der Waals surface area contributed by atoms with E-state index in [2.05, 4.69) is 21.7 Å². The number of para-hydroxylation sites is 1. The first-order valence-corrected chi connectivity index (χ1v) is 12.5. The lowest BCUT2D eigenvalue weighted by atomic mass is 10.1. The number of hydrogen-bond donors (Lipinski definition) is 3. The van der Waals surface area contributed by atoms with Gasteiger partial charge in [-0.15, -0.1) is 0 Å². The van der Waals surface area contributed by atoms with Crippen molar-refractivity contribution in [2.24, 2.45) is 17.6 Å². The van der Waals surface area contributed by atoms with Gasteiger partial charge in [0, 0.05) is 11.3 Å². The van der Waals surface area contributed by atoms with Crippen LogP contribution in [0.2, 0.25) is 0 Å². The third kappa shape index (κ3) is 6.57. The molecule has 1 aromatic heterocycles. The number of nitrogens with two attached hydrogens (primary N) is 1. The molecular weight excluding hydrogens is 436 g/mol. The lowest BCUT2D eigenvalue weighted by Crippen LogP contribution is -2.16. The van der Waals surface area contributed by atoms with Crippen molar-refractivity contribution in [2.75, 3.05) is 17.2 Å². The Morgan fingerprint density at radius 3 is 2.76 bits per heavy atom. The highest BCUT2D eigenvalue weighted by atomic mass is 32.1. The van der Waals surface area contributed by atoms with Crippen LogP contribution in [-0.4, -0.2) is 23.4 Å². The number of anilines is 2. The molecule has 1 heterocycles. The van der Waals surface area contributed by atoms with E-state index >= 15 is 0 Å². The summed E-state index contributed by atoms with van der Waals surface area (Å²) in [6.07, 6.45) is 11.7. The van der Waals surface area contributed by atoms with Crippen LogP contribution in [0.1, 0.15) is 65.9 Å². The monoisotopic (exact) mass is 468 g/mol. The molecule has 0 bridgehead atoms. The van der Waals surface area contributed by atoms with E-state index in [9.17, 15) is 9.59 Å². The molecule has 176 valence electrons. The standard InChI is InChI=1S/C25H32N4O3S/c1-16-21(33-25(28-16)29-22(30)11-4-8-17-12-13-17)14-27-23-19(24(26)31)9-5-10-20(23)32-15-18-6-2-3-7-18/h4-5,8-10,17-18,27H,2-3,6-7,11-15H2,1H3,(H2,26,31)(H,28,29,30). The van der Waals surface area contributed by atoms with Gasteiger partial charge in [-0.05, 0) is 56.6 Å². The Bertz CT molecular complexity index is 1020. The molecule has 0 atom stereocenters. The maximum absolute atomic E-state index is 12.2. The largest absolute Gasteiger partial charge is 0.491 e. The number of aryl methyl sites for hydroxylation is 1. The summed E-state index contributed by atoms with van der Waals surface area (Å²) in [5.41, 5.74) is 7.46. The number of aromatic nitrogens is 1. The van der Waals surface area contributed by atoms with E-state index in [0.29, 0.717) is 53.5 Å². The van der Waals surface area contributed by atoms with Crippen LogP contribution in [0.15, 0.2) is 30.4 Å². The molecule has 2 aliphatic rings. The van der Waals surface area contributed by atoms with E-state index in [1.807, 2.05) is 19.1 Å². The molecule has 0 spiro atoms. The summed E-state index contributed by atoms with van der Waals surface area (Å²) in [5, 5.41) is 6.79. The number of carbonyl (C=O) groups is 2. The number of rotatable bonds is 11. The normalized spacial score (nSPS) is 16.3. The third-order valence-electron chi connectivity index (χ3n) is 6.14. The van der Waals surface area contributed by atoms with Crippen LogP contribution < -0.4 is 21.1 Å². The minimum Gasteiger partial charge on any atom is -0.491 e. The molecule has 0 aliphatic heterocycles. The smallest absolute Gasteiger partial charge is 0.250 e. The van der Waals surface area contributed by atoms with Crippen LogP contribution in [0.4, 0.5) is 10.8 Å². The van der Waals surface area contributed by atoms with Crippen molar-refractivity contribution in [3.8, 4) is 5.75 Å². The summed E-state index contributed by atoms with van der Waals surface area (Å²) in [7, 11) is 0. The van der Waals surface area contributed by atoms with Crippen LogP contribution in [0.3, 0.4) is 0 Å². The maximum Gasteiger partial charge on any atom is 0.250 e. The molecule has 4 N–H and O–H groups in total. The minimum absolute atomic E-state index is 0.0677. The number of nitrogens with zero attached hydrogens (tertiary/aromatic N) is 1. The summed E-state index contributed by atoms with van der Waals surface area (Å²) >= 11 is 1.43. The Kier molecular flexibility index (Phi) is 7.65. The zero-order valence-corrected chi connectivity index (χ0v) is 19.9. The van der Waals surface area contributed by atoms with Crippen molar-refractivity contribution in [1.29, 1.82) is 0 Å². The molecule has 7 nitrogen and oxygen atoms in total. The summed E-state index contributed by atoms with van der Waals surface area (Å²) in [5.74, 6) is 1.28. The predicted molar refractivity (Wildman–Crippen MR) is 132 cm³/mol. The summed E-state index contributed by atoms with van der Waals surface area (Å²) < 4.78 is 6.10. The first kappa shape index (κ1) is 23.3. The van der Waals surface area contributed by atoms with Crippen LogP contribution in [0, 0.1) is 18.8 Å². The van der Waals surface area contributed by atoms with Gasteiger partial charge in [0.15, 0.2) is 5.13 Å². The topological polar surface area (TPSA) is 106 Å². The van der Waals surface area contributed by atoms with Crippen LogP contribution in [0.5, 0.6) is 5.75 Å². The predicted octanol–water partition coefficient (Wildman–Crippen LogP) is 5.03. The Morgan fingerprint density at radius 1 is 1.24 bits per heavy atom. The molecule has 33 heavy (non-hydrogen) atoms. The number of nitrogens with one attached hydrogen (secondary N) is 2. The van der Waals surface area contributed by atoms with Gasteiger partial charge in [0.05, 0.1) is 30.1 Å². The van der Waals surface area contributed by atoms with Gasteiger partial charge in [-0.1, -0.05) is 42.4 Å². The van der Waals surface area contributed by atoms with Crippen molar-refractivity contribution >= 4 is 34.0 Å². The molecule has 4 rings (SSSR count). The van der Waals surface area contributed by atoms with Crippen molar-refractivity contribution < 1.29 is 14.3 Å². The second-order valence-corrected chi connectivity index (χ2v) is 9.99. The Morgan fingerprint density at radius 2 is 2.03 bits per heavy atom. The quantitative estimate of drug-likeness (QED) is 0.401. The number of primary amides is 1. The number of amides is 2. The number of hydrogen-bond acceptors (Lipinski definition) is 6. The maximum atomic E-state index is 12.2. The summed E-state index contributed by atoms with van der Waals surface area (Å²) in [6, 6.07) is 5.36. The molecule has 2 amide bonds. The fourth-order valence-electron chi connectivity index (χ4n) is 4.06. The van der Waals surface area contributed by atoms with Crippen molar-refractivity contribution in [3.63, 3.8) is 0 Å². The number of ether oxygens (including phenoxy) is 1. The highest BCUT2D eigenvalue weighted by Crippen LogP contribution is 2.33. The lowest BCUT2D eigenvalue weighted by molar-refractivity contribution is -0.115. The van der Waals surface area contributed by atoms with Gasteiger partial charge in [-0.25, -0.2) is 4.98 Å². The van der Waals surface area contributed by atoms with Gasteiger partial charge >= 0.3 is 0 Å². The van der Waals surface area contributed by atoms with E-state index in [4.69, 9.17) is 10.5 Å². The number of carbonyl (C=O) groups excluding carboxylic acids is 2. The second kappa shape index (κ2) is 10.8. The zero-order valence-electron chi connectivity index (χ0n) is 19.1. The van der Waals surface area contributed by atoms with Crippen LogP contribution in [-0.2, 0) is 11.3 Å². The molecular formula is C25H32N4O3S. The Hall–Kier alpha value is -2.87. The summed E-state index contributed by atoms with van der Waals surface area (Å²) in [4.78, 5) is 29.7. The minimum atomic E-state index is -0.503. The molecule has 1 aromatic carbocycles. The first-order valence-electron chi connectivity index (χ1n) is 11.7. The van der Waals surface area contributed by atoms with Gasteiger partial charge in [-0.2, -0.15) is 0 Å². The van der Waals surface area contributed by atoms with Crippen molar-refractivity contribution in [2.45, 2.75) is 58.4 Å². The number of thiazole rings is 1. The average molecular weight is 469 g/mol. The van der Waals surface area contributed by atoms with E-state index in [1.54, 1.807) is 12.1 Å². The number of benzene rings is 1. The fourth-order valence-corrected chi connectivity index (χ4v) is 4.98. The van der Waals surface area contributed by atoms with E-state index < -0.39 is 5.91 Å². The van der Waals surface area contributed by atoms with E-state index in [-0.39, 0.29) is 5.91 Å². The van der Waals surface area contributed by atoms with Crippen LogP contribution >= 0.6 is 11.3 Å². The third-order valence-corrected chi connectivity index (χ3v) is 7.21. The molecule has 0 saturated heterocycles. The molecule has 0 radical (unpaired) electrons. The highest BCUT2D eigenvalue weighted by molar-refractivity contribution is 7.15. The SMILES string of the molecule is Cc1nc(NC(=O)CC=CC2CC2)sc1CNc1c(OCC2CCCC2)cccc1C(N)=O. The van der Waals surface area contributed by atoms with Crippen molar-refractivity contribution in [1.82, 2.24) is 4.98 Å². The lowest BCUT2D eigenvalue weighted by Gasteiger charge is -2.17. The molecule has 2 fully saturated rings. The van der Waals surface area contributed by atoms with Gasteiger partial charge in [0.2, 0.25) is 5.91 Å². The fraction of sp³-hybridized carbons (Fsp3) is 0.480. The molecule has 0 unspecified atom stereocenters. The van der Waals surface area contributed by atoms with Crippen LogP contribution in [0.25, 0.3) is 0 Å². The van der Waals surface area contributed by atoms with E-state index in [0.717, 1.165) is 10.6 Å². The average Bonchev–Trinajstić information content (AvgIpc) is 3.33. The molecule has 2 saturated carbocycles. The molecule has 2 aliphatic carbocycles. The van der Waals surface area contributed by atoms with Crippen molar-refractivity contribution in [3.05, 3.63) is 46.5 Å². The second-order valence-electron chi connectivity index (χ2n) is 8.90. The van der Waals surface area contributed by atoms with Gasteiger partial charge < -0.3 is 21.1 Å². The van der Waals surface area contributed by atoms with Gasteiger partial charge in [0.25, 0.3) is 5.91 Å². The van der Waals surface area contributed by atoms with E-state index in [1.165, 1.54) is 49.9 Å².